The van der Waals surface area contributed by atoms with E-state index in [0.717, 1.165) is 45.2 Å². The van der Waals surface area contributed by atoms with Gasteiger partial charge in [0.15, 0.2) is 0 Å². The fourth-order valence-electron chi connectivity index (χ4n) is 3.02. The Hall–Kier alpha value is -1.31. The topological polar surface area (TPSA) is 20.3 Å². The summed E-state index contributed by atoms with van der Waals surface area (Å²) in [5, 5.41) is 0. The Morgan fingerprint density at radius 1 is 0.792 bits per heavy atom. The summed E-state index contributed by atoms with van der Waals surface area (Å²) in [6.45, 7) is 4.16. The molecule has 0 N–H and O–H groups in total. The van der Waals surface area contributed by atoms with Crippen LogP contribution in [0.1, 0.15) is 84.0 Å². The molecule has 0 aromatic rings. The number of amides is 1. The van der Waals surface area contributed by atoms with Crippen LogP contribution in [0.5, 0.6) is 0 Å². The lowest BCUT2D eigenvalue weighted by atomic mass is 10.1. The Labute approximate surface area is 149 Å². The van der Waals surface area contributed by atoms with E-state index >= 15 is 0 Å². The van der Waals surface area contributed by atoms with Gasteiger partial charge in [-0.3, -0.25) is 4.79 Å². The molecule has 0 saturated carbocycles. The van der Waals surface area contributed by atoms with E-state index in [1.54, 1.807) is 0 Å². The first kappa shape index (κ1) is 20.7. The van der Waals surface area contributed by atoms with Crippen LogP contribution < -0.4 is 0 Å². The predicted octanol–water partition coefficient (Wildman–Crippen LogP) is 6.20. The van der Waals surface area contributed by atoms with Gasteiger partial charge in [0, 0.05) is 19.5 Å². The quantitative estimate of drug-likeness (QED) is 0.291. The van der Waals surface area contributed by atoms with E-state index in [0.29, 0.717) is 5.91 Å². The summed E-state index contributed by atoms with van der Waals surface area (Å²) in [4.78, 5) is 13.9. The highest BCUT2D eigenvalue weighted by atomic mass is 16.2. The number of hydrogen-bond acceptors (Lipinski definition) is 1. The molecule has 2 heteroatoms. The first-order valence-corrected chi connectivity index (χ1v) is 10.1. The number of likely N-dealkylation sites (tertiary alicyclic amines) is 1. The van der Waals surface area contributed by atoms with Crippen molar-refractivity contribution in [3.63, 3.8) is 0 Å². The zero-order valence-electron chi connectivity index (χ0n) is 15.7. The van der Waals surface area contributed by atoms with Gasteiger partial charge in [-0.25, -0.2) is 0 Å². The summed E-state index contributed by atoms with van der Waals surface area (Å²) >= 11 is 0. The van der Waals surface area contributed by atoms with Gasteiger partial charge in [-0.2, -0.15) is 0 Å². The first-order valence-electron chi connectivity index (χ1n) is 10.1. The molecule has 1 aliphatic rings. The van der Waals surface area contributed by atoms with Crippen LogP contribution in [-0.4, -0.2) is 23.9 Å². The molecule has 1 amide bonds. The Morgan fingerprint density at radius 3 is 2.08 bits per heavy atom. The van der Waals surface area contributed by atoms with Crippen molar-refractivity contribution >= 4 is 5.91 Å². The van der Waals surface area contributed by atoms with Crippen LogP contribution in [0.4, 0.5) is 0 Å². The fourth-order valence-corrected chi connectivity index (χ4v) is 3.02. The number of nitrogens with zero attached hydrogens (tertiary/aromatic N) is 1. The highest BCUT2D eigenvalue weighted by Crippen LogP contribution is 2.12. The number of allylic oxidation sites excluding steroid dienone is 6. The third-order valence-electron chi connectivity index (χ3n) is 4.50. The molecule has 1 saturated heterocycles. The van der Waals surface area contributed by atoms with Crippen LogP contribution in [-0.2, 0) is 4.79 Å². The fraction of sp³-hybridized carbons (Fsp3) is 0.682. The number of unbranched alkanes of at least 4 members (excludes halogenated alkanes) is 5. The molecule has 0 aromatic heterocycles. The average Bonchev–Trinajstić information content (AvgIpc) is 3.13. The number of hydrogen-bond donors (Lipinski definition) is 0. The van der Waals surface area contributed by atoms with E-state index in [2.05, 4.69) is 43.4 Å². The van der Waals surface area contributed by atoms with Crippen molar-refractivity contribution in [1.82, 2.24) is 4.90 Å². The smallest absolute Gasteiger partial charge is 0.222 e. The molecule has 0 spiro atoms. The Kier molecular flexibility index (Phi) is 13.2. The summed E-state index contributed by atoms with van der Waals surface area (Å²) < 4.78 is 0. The highest BCUT2D eigenvalue weighted by Gasteiger charge is 2.16. The number of carbonyl (C=O) groups is 1. The van der Waals surface area contributed by atoms with Crippen molar-refractivity contribution in [1.29, 1.82) is 0 Å². The molecule has 24 heavy (non-hydrogen) atoms. The van der Waals surface area contributed by atoms with Crippen molar-refractivity contribution in [3.8, 4) is 0 Å². The number of rotatable bonds is 13. The maximum Gasteiger partial charge on any atom is 0.222 e. The zero-order chi connectivity index (χ0) is 17.3. The van der Waals surface area contributed by atoms with Crippen LogP contribution >= 0.6 is 0 Å². The molecule has 1 heterocycles. The minimum atomic E-state index is 0.383. The third-order valence-corrected chi connectivity index (χ3v) is 4.50. The van der Waals surface area contributed by atoms with Crippen molar-refractivity contribution in [2.24, 2.45) is 0 Å². The van der Waals surface area contributed by atoms with Crippen molar-refractivity contribution in [3.05, 3.63) is 36.5 Å². The molecule has 0 aliphatic carbocycles. The summed E-state index contributed by atoms with van der Waals surface area (Å²) in [5.41, 5.74) is 0. The molecular weight excluding hydrogens is 294 g/mol. The van der Waals surface area contributed by atoms with Gasteiger partial charge < -0.3 is 4.90 Å². The summed E-state index contributed by atoms with van der Waals surface area (Å²) in [6.07, 6.45) is 27.2. The Bertz CT molecular complexity index is 389. The average molecular weight is 332 g/mol. The molecule has 0 radical (unpaired) electrons. The van der Waals surface area contributed by atoms with Crippen molar-refractivity contribution in [2.45, 2.75) is 84.0 Å². The first-order chi connectivity index (χ1) is 11.8. The van der Waals surface area contributed by atoms with E-state index in [-0.39, 0.29) is 0 Å². The lowest BCUT2D eigenvalue weighted by Crippen LogP contribution is -2.27. The van der Waals surface area contributed by atoms with E-state index in [1.807, 2.05) is 4.90 Å². The molecule has 2 nitrogen and oxygen atoms in total. The van der Waals surface area contributed by atoms with Gasteiger partial charge in [-0.15, -0.1) is 0 Å². The molecule has 136 valence electrons. The van der Waals surface area contributed by atoms with Crippen LogP contribution in [0, 0.1) is 0 Å². The standard InChI is InChI=1S/C22H37NO/c1-2-3-4-5-6-7-8-9-10-11-12-13-14-15-16-19-22(24)23-20-17-18-21-23/h3-4,6-7,9-10H,2,5,8,11-21H2,1H3/b4-3+,7-6+,10-9+. The molecule has 1 aliphatic heterocycles. The minimum absolute atomic E-state index is 0.383. The SMILES string of the molecule is CC/C=C/C/C=C/C/C=C/CCCCCCCC(=O)N1CCCC1. The van der Waals surface area contributed by atoms with Gasteiger partial charge in [0.2, 0.25) is 5.91 Å². The van der Waals surface area contributed by atoms with E-state index in [1.165, 1.54) is 44.9 Å². The molecule has 0 atom stereocenters. The summed E-state index contributed by atoms with van der Waals surface area (Å²) in [5.74, 6) is 0.383. The van der Waals surface area contributed by atoms with Crippen LogP contribution in [0.3, 0.4) is 0 Å². The summed E-state index contributed by atoms with van der Waals surface area (Å²) in [6, 6.07) is 0. The van der Waals surface area contributed by atoms with Gasteiger partial charge in [-0.05, 0) is 51.4 Å². The lowest BCUT2D eigenvalue weighted by molar-refractivity contribution is -0.130. The molecule has 0 bridgehead atoms. The minimum Gasteiger partial charge on any atom is -0.343 e. The van der Waals surface area contributed by atoms with E-state index < -0.39 is 0 Å². The summed E-state index contributed by atoms with van der Waals surface area (Å²) in [7, 11) is 0. The van der Waals surface area contributed by atoms with Crippen LogP contribution in [0.25, 0.3) is 0 Å². The van der Waals surface area contributed by atoms with E-state index in [9.17, 15) is 4.79 Å². The van der Waals surface area contributed by atoms with Gasteiger partial charge in [0.1, 0.15) is 0 Å². The third kappa shape index (κ3) is 11.3. The molecule has 1 rings (SSSR count). The van der Waals surface area contributed by atoms with Crippen LogP contribution in [0.15, 0.2) is 36.5 Å². The predicted molar refractivity (Wildman–Crippen MR) is 105 cm³/mol. The van der Waals surface area contributed by atoms with Gasteiger partial charge in [-0.1, -0.05) is 62.6 Å². The maximum atomic E-state index is 11.9. The second-order valence-corrected chi connectivity index (χ2v) is 6.69. The molecule has 0 unspecified atom stereocenters. The van der Waals surface area contributed by atoms with Crippen molar-refractivity contribution in [2.75, 3.05) is 13.1 Å². The molecular formula is C22H37NO. The lowest BCUT2D eigenvalue weighted by Gasteiger charge is -2.14. The Morgan fingerprint density at radius 2 is 1.38 bits per heavy atom. The van der Waals surface area contributed by atoms with Gasteiger partial charge in [0.05, 0.1) is 0 Å². The van der Waals surface area contributed by atoms with E-state index in [4.69, 9.17) is 0 Å². The second kappa shape index (κ2) is 15.2. The zero-order valence-corrected chi connectivity index (χ0v) is 15.7. The molecule has 1 fully saturated rings. The van der Waals surface area contributed by atoms with Crippen LogP contribution in [0.2, 0.25) is 0 Å². The Balaban J connectivity index is 1.83. The van der Waals surface area contributed by atoms with Gasteiger partial charge in [0.25, 0.3) is 0 Å². The second-order valence-electron chi connectivity index (χ2n) is 6.69. The maximum absolute atomic E-state index is 11.9. The monoisotopic (exact) mass is 331 g/mol. The van der Waals surface area contributed by atoms with Gasteiger partial charge >= 0.3 is 0 Å². The highest BCUT2D eigenvalue weighted by molar-refractivity contribution is 5.76. The number of carbonyl (C=O) groups excluding carboxylic acids is 1. The molecule has 0 aromatic carbocycles. The normalized spacial score (nSPS) is 15.5. The van der Waals surface area contributed by atoms with Crippen molar-refractivity contribution < 1.29 is 4.79 Å². The largest absolute Gasteiger partial charge is 0.343 e.